The van der Waals surface area contributed by atoms with Crippen molar-refractivity contribution in [2.45, 2.75) is 18.2 Å². The summed E-state index contributed by atoms with van der Waals surface area (Å²) in [5, 5.41) is 18.1. The summed E-state index contributed by atoms with van der Waals surface area (Å²) < 4.78 is 34.5. The predicted octanol–water partition coefficient (Wildman–Crippen LogP) is -0.491. The van der Waals surface area contributed by atoms with Gasteiger partial charge in [0, 0.05) is 6.42 Å². The highest BCUT2D eigenvalue weighted by Crippen LogP contribution is 2.16. The van der Waals surface area contributed by atoms with Crippen molar-refractivity contribution in [3.8, 4) is 12.3 Å². The lowest BCUT2D eigenvalue weighted by Crippen LogP contribution is -2.33. The van der Waals surface area contributed by atoms with Gasteiger partial charge in [0.05, 0.1) is 4.90 Å². The SMILES string of the molecule is C#CCc1cc(S(=O)(=O)F)cc(B(O)O)c1C. The predicted molar refractivity (Wildman–Crippen MR) is 61.8 cm³/mol. The topological polar surface area (TPSA) is 74.6 Å². The molecule has 90 valence electrons. The van der Waals surface area contributed by atoms with Crippen LogP contribution in [0.25, 0.3) is 0 Å². The number of hydrogen-bond acceptors (Lipinski definition) is 4. The van der Waals surface area contributed by atoms with Crippen molar-refractivity contribution in [3.05, 3.63) is 23.3 Å². The average Bonchev–Trinajstić information content (AvgIpc) is 2.19. The second-order valence-electron chi connectivity index (χ2n) is 3.49. The molecule has 17 heavy (non-hydrogen) atoms. The number of terminal acetylenes is 1. The first-order chi connectivity index (χ1) is 7.77. The molecule has 0 heterocycles. The van der Waals surface area contributed by atoms with Crippen LogP contribution in [0.4, 0.5) is 3.89 Å². The Morgan fingerprint density at radius 2 is 2.06 bits per heavy atom. The second kappa shape index (κ2) is 4.88. The molecule has 4 nitrogen and oxygen atoms in total. The summed E-state index contributed by atoms with van der Waals surface area (Å²) in [5.74, 6) is 2.29. The van der Waals surface area contributed by atoms with E-state index in [1.807, 2.05) is 0 Å². The molecule has 0 unspecified atom stereocenters. The lowest BCUT2D eigenvalue weighted by atomic mass is 9.76. The van der Waals surface area contributed by atoms with E-state index >= 15 is 0 Å². The van der Waals surface area contributed by atoms with Crippen LogP contribution in [-0.4, -0.2) is 25.6 Å². The summed E-state index contributed by atoms with van der Waals surface area (Å²) in [6.45, 7) is 1.55. The van der Waals surface area contributed by atoms with Gasteiger partial charge >= 0.3 is 17.3 Å². The fourth-order valence-electron chi connectivity index (χ4n) is 1.47. The van der Waals surface area contributed by atoms with E-state index in [1.165, 1.54) is 0 Å². The quantitative estimate of drug-likeness (QED) is 0.434. The molecule has 0 saturated carbocycles. The smallest absolute Gasteiger partial charge is 0.423 e. The summed E-state index contributed by atoms with van der Waals surface area (Å²) in [5.41, 5.74) is 0.730. The third kappa shape index (κ3) is 3.06. The maximum absolute atomic E-state index is 12.9. The molecule has 2 N–H and O–H groups in total. The van der Waals surface area contributed by atoms with Crippen molar-refractivity contribution >= 4 is 22.8 Å². The van der Waals surface area contributed by atoms with Crippen LogP contribution in [0.1, 0.15) is 11.1 Å². The molecular formula is C10H10BFO4S. The molecule has 1 aromatic rings. The Morgan fingerprint density at radius 3 is 2.47 bits per heavy atom. The summed E-state index contributed by atoms with van der Waals surface area (Å²) in [7, 11) is -6.79. The molecule has 0 aliphatic rings. The van der Waals surface area contributed by atoms with Crippen LogP contribution >= 0.6 is 0 Å². The zero-order chi connectivity index (χ0) is 13.2. The molecule has 0 aliphatic carbocycles. The number of rotatable bonds is 3. The van der Waals surface area contributed by atoms with Gasteiger partial charge in [0.2, 0.25) is 0 Å². The lowest BCUT2D eigenvalue weighted by Gasteiger charge is -2.10. The van der Waals surface area contributed by atoms with Gasteiger partial charge in [0.1, 0.15) is 0 Å². The second-order valence-corrected chi connectivity index (χ2v) is 4.84. The summed E-state index contributed by atoms with van der Waals surface area (Å²) >= 11 is 0. The molecule has 7 heteroatoms. The van der Waals surface area contributed by atoms with Crippen LogP contribution in [0.2, 0.25) is 0 Å². The molecule has 0 amide bonds. The fraction of sp³-hybridized carbons (Fsp3) is 0.200. The summed E-state index contributed by atoms with van der Waals surface area (Å²) in [6, 6.07) is 1.98. The van der Waals surface area contributed by atoms with Gasteiger partial charge in [0.25, 0.3) is 0 Å². The molecular weight excluding hydrogens is 246 g/mol. The molecule has 0 aliphatic heterocycles. The first kappa shape index (κ1) is 13.7. The maximum Gasteiger partial charge on any atom is 0.488 e. The minimum absolute atomic E-state index is 0.0750. The molecule has 0 spiro atoms. The van der Waals surface area contributed by atoms with Crippen LogP contribution in [0, 0.1) is 19.3 Å². The normalized spacial score (nSPS) is 11.0. The molecule has 0 radical (unpaired) electrons. The Hall–Kier alpha value is -1.36. The summed E-state index contributed by atoms with van der Waals surface area (Å²) in [4.78, 5) is -0.628. The van der Waals surface area contributed by atoms with Crippen molar-refractivity contribution < 1.29 is 22.4 Å². The Morgan fingerprint density at radius 1 is 1.47 bits per heavy atom. The van der Waals surface area contributed by atoms with Gasteiger partial charge in [-0.15, -0.1) is 16.2 Å². The first-order valence-corrected chi connectivity index (χ1v) is 6.03. The minimum Gasteiger partial charge on any atom is -0.423 e. The first-order valence-electron chi connectivity index (χ1n) is 4.65. The highest BCUT2D eigenvalue weighted by molar-refractivity contribution is 7.86. The molecule has 1 aromatic carbocycles. The van der Waals surface area contributed by atoms with Crippen LogP contribution in [-0.2, 0) is 16.6 Å². The van der Waals surface area contributed by atoms with Gasteiger partial charge in [-0.1, -0.05) is 0 Å². The average molecular weight is 256 g/mol. The zero-order valence-corrected chi connectivity index (χ0v) is 9.83. The van der Waals surface area contributed by atoms with Crippen molar-refractivity contribution in [3.63, 3.8) is 0 Å². The Balaban J connectivity index is 3.54. The van der Waals surface area contributed by atoms with Crippen molar-refractivity contribution in [1.29, 1.82) is 0 Å². The van der Waals surface area contributed by atoms with Crippen molar-refractivity contribution in [2.75, 3.05) is 0 Å². The van der Waals surface area contributed by atoms with E-state index in [-0.39, 0.29) is 11.9 Å². The van der Waals surface area contributed by atoms with Gasteiger partial charge in [0.15, 0.2) is 0 Å². The fourth-order valence-corrected chi connectivity index (χ4v) is 2.02. The van der Waals surface area contributed by atoms with Crippen LogP contribution in [0.5, 0.6) is 0 Å². The van der Waals surface area contributed by atoms with Gasteiger partial charge in [-0.3, -0.25) is 0 Å². The van der Waals surface area contributed by atoms with Gasteiger partial charge in [-0.05, 0) is 35.6 Å². The largest absolute Gasteiger partial charge is 0.488 e. The molecule has 0 fully saturated rings. The Bertz CT molecular complexity index is 575. The molecule has 0 saturated heterocycles. The van der Waals surface area contributed by atoms with Crippen LogP contribution in [0.15, 0.2) is 17.0 Å². The molecule has 0 aromatic heterocycles. The third-order valence-electron chi connectivity index (χ3n) is 2.38. The van der Waals surface area contributed by atoms with E-state index in [9.17, 15) is 12.3 Å². The highest BCUT2D eigenvalue weighted by atomic mass is 32.3. The maximum atomic E-state index is 12.9. The van der Waals surface area contributed by atoms with Crippen LogP contribution in [0.3, 0.4) is 0 Å². The van der Waals surface area contributed by atoms with E-state index in [2.05, 4.69) is 5.92 Å². The third-order valence-corrected chi connectivity index (χ3v) is 3.18. The monoisotopic (exact) mass is 256 g/mol. The van der Waals surface area contributed by atoms with Crippen molar-refractivity contribution in [2.24, 2.45) is 0 Å². The lowest BCUT2D eigenvalue weighted by molar-refractivity contribution is 0.425. The van der Waals surface area contributed by atoms with Gasteiger partial charge < -0.3 is 10.0 Å². The number of benzene rings is 1. The highest BCUT2D eigenvalue weighted by Gasteiger charge is 2.22. The molecule has 0 bridgehead atoms. The number of hydrogen-bond donors (Lipinski definition) is 2. The van der Waals surface area contributed by atoms with Crippen LogP contribution < -0.4 is 5.46 Å². The number of halogens is 1. The Labute approximate surface area is 99.5 Å². The van der Waals surface area contributed by atoms with Gasteiger partial charge in [-0.2, -0.15) is 8.42 Å². The summed E-state index contributed by atoms with van der Waals surface area (Å²) in [6.07, 6.45) is 5.17. The standard InChI is InChI=1S/C10H10BFO4S/c1-3-4-8-5-9(17(12,15)16)6-10(7(8)2)11(13)14/h1,5-6,13-14H,4H2,2H3. The van der Waals surface area contributed by atoms with Crippen molar-refractivity contribution in [1.82, 2.24) is 0 Å². The minimum atomic E-state index is -4.91. The van der Waals surface area contributed by atoms with E-state index in [0.29, 0.717) is 11.1 Å². The molecule has 1 rings (SSSR count). The van der Waals surface area contributed by atoms with E-state index in [1.54, 1.807) is 6.92 Å². The Kier molecular flexibility index (Phi) is 3.93. The van der Waals surface area contributed by atoms with E-state index in [0.717, 1.165) is 12.1 Å². The van der Waals surface area contributed by atoms with E-state index < -0.39 is 22.2 Å². The zero-order valence-electron chi connectivity index (χ0n) is 9.01. The van der Waals surface area contributed by atoms with Gasteiger partial charge in [-0.25, -0.2) is 0 Å². The molecule has 0 atom stereocenters. The van der Waals surface area contributed by atoms with E-state index in [4.69, 9.17) is 16.5 Å².